The van der Waals surface area contributed by atoms with Gasteiger partial charge in [0.05, 0.1) is 10.7 Å². The number of hydrogen-bond donors (Lipinski definition) is 2. The Morgan fingerprint density at radius 3 is 2.59 bits per heavy atom. The van der Waals surface area contributed by atoms with Crippen LogP contribution < -0.4 is 5.32 Å². The normalized spacial score (nSPS) is 11.2. The zero-order chi connectivity index (χ0) is 13.2. The second-order valence-corrected chi connectivity index (χ2v) is 6.15. The van der Waals surface area contributed by atoms with Crippen molar-refractivity contribution in [3.8, 4) is 0 Å². The molecule has 1 N–H and O–H groups in total. The number of ether oxygens (including phenoxy) is 1. The molecule has 1 rings (SSSR count). The zero-order valence-corrected chi connectivity index (χ0v) is 12.9. The molecular weight excluding hydrogens is 326 g/mol. The summed E-state index contributed by atoms with van der Waals surface area (Å²) >= 11 is 13.5. The topological polar surface area (TPSA) is 38.3 Å². The van der Waals surface area contributed by atoms with Crippen molar-refractivity contribution in [2.45, 2.75) is 31.3 Å². The van der Waals surface area contributed by atoms with Crippen LogP contribution in [-0.4, -0.2) is 11.7 Å². The summed E-state index contributed by atoms with van der Waals surface area (Å²) in [7, 11) is 0. The summed E-state index contributed by atoms with van der Waals surface area (Å²) in [4.78, 5) is 12.2. The number of benzene rings is 1. The molecule has 0 aliphatic heterocycles. The second-order valence-electron chi connectivity index (χ2n) is 4.41. The molecule has 0 saturated carbocycles. The summed E-state index contributed by atoms with van der Waals surface area (Å²) in [6, 6.07) is 3.32. The number of anilines is 1. The predicted molar refractivity (Wildman–Crippen MR) is 76.3 cm³/mol. The number of nitrogens with one attached hydrogen (secondary N) is 1. The molecule has 0 spiro atoms. The highest BCUT2D eigenvalue weighted by Crippen LogP contribution is 2.31. The van der Waals surface area contributed by atoms with Crippen molar-refractivity contribution in [2.75, 3.05) is 5.32 Å². The van der Waals surface area contributed by atoms with E-state index in [4.69, 9.17) is 16.3 Å². The van der Waals surface area contributed by atoms with E-state index in [9.17, 15) is 4.79 Å². The Morgan fingerprint density at radius 2 is 2.06 bits per heavy atom. The Labute approximate surface area is 119 Å². The summed E-state index contributed by atoms with van der Waals surface area (Å²) in [5.74, 6) is 0. The van der Waals surface area contributed by atoms with Gasteiger partial charge in [0, 0.05) is 9.37 Å². The molecule has 0 aliphatic carbocycles. The number of halogens is 2. The van der Waals surface area contributed by atoms with Crippen LogP contribution in [0.4, 0.5) is 10.5 Å². The monoisotopic (exact) mass is 337 g/mol. The SMILES string of the molecule is CC(C)(C)OC(=O)Nc1cc(Br)c(S)cc1Cl. The maximum Gasteiger partial charge on any atom is 0.412 e. The molecular formula is C11H13BrClNO2S. The molecule has 1 amide bonds. The first kappa shape index (κ1) is 14.7. The number of thiol groups is 1. The highest BCUT2D eigenvalue weighted by atomic mass is 79.9. The first-order valence-electron chi connectivity index (χ1n) is 4.87. The van der Waals surface area contributed by atoms with Crippen LogP contribution >= 0.6 is 40.2 Å². The van der Waals surface area contributed by atoms with E-state index in [0.717, 1.165) is 4.47 Å². The smallest absolute Gasteiger partial charge is 0.412 e. The lowest BCUT2D eigenvalue weighted by Gasteiger charge is -2.20. The molecule has 0 fully saturated rings. The van der Waals surface area contributed by atoms with Gasteiger partial charge in [0.1, 0.15) is 5.60 Å². The molecule has 0 atom stereocenters. The minimum absolute atomic E-state index is 0.407. The molecule has 1 aromatic rings. The maximum atomic E-state index is 11.6. The summed E-state index contributed by atoms with van der Waals surface area (Å²) in [5.41, 5.74) is -0.0670. The maximum absolute atomic E-state index is 11.6. The molecule has 0 aromatic heterocycles. The third kappa shape index (κ3) is 4.77. The van der Waals surface area contributed by atoms with Gasteiger partial charge < -0.3 is 4.74 Å². The van der Waals surface area contributed by atoms with Crippen LogP contribution in [0.2, 0.25) is 5.02 Å². The van der Waals surface area contributed by atoms with Gasteiger partial charge in [-0.25, -0.2) is 4.79 Å². The molecule has 6 heteroatoms. The van der Waals surface area contributed by atoms with E-state index in [1.54, 1.807) is 32.9 Å². The Kier molecular flexibility index (Phi) is 4.75. The highest BCUT2D eigenvalue weighted by Gasteiger charge is 2.17. The van der Waals surface area contributed by atoms with Gasteiger partial charge in [-0.3, -0.25) is 5.32 Å². The molecule has 1 aromatic carbocycles. The van der Waals surface area contributed by atoms with Crippen LogP contribution in [0.1, 0.15) is 20.8 Å². The molecule has 0 saturated heterocycles. The van der Waals surface area contributed by atoms with Crippen molar-refractivity contribution >= 4 is 51.9 Å². The largest absolute Gasteiger partial charge is 0.444 e. The summed E-state index contributed by atoms with van der Waals surface area (Å²) in [6.07, 6.45) is -0.543. The van der Waals surface area contributed by atoms with E-state index in [1.807, 2.05) is 0 Å². The van der Waals surface area contributed by atoms with Crippen molar-refractivity contribution in [2.24, 2.45) is 0 Å². The highest BCUT2D eigenvalue weighted by molar-refractivity contribution is 9.10. The Morgan fingerprint density at radius 1 is 1.47 bits per heavy atom. The number of carbonyl (C=O) groups excluding carboxylic acids is 1. The van der Waals surface area contributed by atoms with Gasteiger partial charge in [0.15, 0.2) is 0 Å². The van der Waals surface area contributed by atoms with Crippen molar-refractivity contribution in [3.05, 3.63) is 21.6 Å². The number of rotatable bonds is 1. The van der Waals surface area contributed by atoms with Gasteiger partial charge in [-0.15, -0.1) is 12.6 Å². The Hall–Kier alpha value is -0.390. The van der Waals surface area contributed by atoms with Crippen molar-refractivity contribution in [1.29, 1.82) is 0 Å². The van der Waals surface area contributed by atoms with E-state index in [0.29, 0.717) is 15.6 Å². The fraction of sp³-hybridized carbons (Fsp3) is 0.364. The van der Waals surface area contributed by atoms with Crippen molar-refractivity contribution < 1.29 is 9.53 Å². The average Bonchev–Trinajstić information content (AvgIpc) is 2.11. The fourth-order valence-corrected chi connectivity index (χ4v) is 1.87. The van der Waals surface area contributed by atoms with Gasteiger partial charge in [-0.05, 0) is 48.8 Å². The van der Waals surface area contributed by atoms with Crippen molar-refractivity contribution in [1.82, 2.24) is 0 Å². The van der Waals surface area contributed by atoms with Crippen LogP contribution in [0.3, 0.4) is 0 Å². The quantitative estimate of drug-likeness (QED) is 0.726. The van der Waals surface area contributed by atoms with E-state index >= 15 is 0 Å². The number of hydrogen-bond acceptors (Lipinski definition) is 3. The Balaban J connectivity index is 2.82. The average molecular weight is 339 g/mol. The molecule has 94 valence electrons. The van der Waals surface area contributed by atoms with E-state index < -0.39 is 11.7 Å². The number of carbonyl (C=O) groups is 1. The lowest BCUT2D eigenvalue weighted by molar-refractivity contribution is 0.0636. The van der Waals surface area contributed by atoms with E-state index in [2.05, 4.69) is 33.9 Å². The van der Waals surface area contributed by atoms with Crippen LogP contribution in [0.15, 0.2) is 21.5 Å². The zero-order valence-electron chi connectivity index (χ0n) is 9.67. The minimum Gasteiger partial charge on any atom is -0.444 e. The lowest BCUT2D eigenvalue weighted by Crippen LogP contribution is -2.27. The predicted octanol–water partition coefficient (Wildman–Crippen LogP) is 4.74. The van der Waals surface area contributed by atoms with Gasteiger partial charge in [0.2, 0.25) is 0 Å². The molecule has 0 unspecified atom stereocenters. The molecule has 0 heterocycles. The fourth-order valence-electron chi connectivity index (χ4n) is 1.05. The first-order chi connectivity index (χ1) is 7.69. The van der Waals surface area contributed by atoms with Gasteiger partial charge >= 0.3 is 6.09 Å². The van der Waals surface area contributed by atoms with Gasteiger partial charge in [-0.1, -0.05) is 11.6 Å². The second kappa shape index (κ2) is 5.50. The van der Waals surface area contributed by atoms with Crippen LogP contribution in [0, 0.1) is 0 Å². The summed E-state index contributed by atoms with van der Waals surface area (Å²) < 4.78 is 5.87. The molecule has 3 nitrogen and oxygen atoms in total. The Bertz CT molecular complexity index is 446. The standard InChI is InChI=1S/C11H13BrClNO2S/c1-11(2,3)16-10(15)14-8-4-6(12)9(17)5-7(8)13/h4-5,17H,1-3H3,(H,14,15). The first-order valence-corrected chi connectivity index (χ1v) is 6.49. The van der Waals surface area contributed by atoms with Gasteiger partial charge in [0.25, 0.3) is 0 Å². The summed E-state index contributed by atoms with van der Waals surface area (Å²) in [5, 5.41) is 2.98. The molecule has 0 bridgehead atoms. The third-order valence-electron chi connectivity index (χ3n) is 1.67. The van der Waals surface area contributed by atoms with E-state index in [1.165, 1.54) is 0 Å². The van der Waals surface area contributed by atoms with Crippen LogP contribution in [0.25, 0.3) is 0 Å². The molecule has 17 heavy (non-hydrogen) atoms. The van der Waals surface area contributed by atoms with Crippen molar-refractivity contribution in [3.63, 3.8) is 0 Å². The lowest BCUT2D eigenvalue weighted by atomic mass is 10.2. The third-order valence-corrected chi connectivity index (χ3v) is 3.32. The van der Waals surface area contributed by atoms with Crippen LogP contribution in [0.5, 0.6) is 0 Å². The van der Waals surface area contributed by atoms with Gasteiger partial charge in [-0.2, -0.15) is 0 Å². The number of amides is 1. The van der Waals surface area contributed by atoms with E-state index in [-0.39, 0.29) is 0 Å². The molecule has 0 aliphatic rings. The minimum atomic E-state index is -0.544. The summed E-state index contributed by atoms with van der Waals surface area (Å²) in [6.45, 7) is 5.38. The molecule has 0 radical (unpaired) electrons. The van der Waals surface area contributed by atoms with Crippen LogP contribution in [-0.2, 0) is 4.74 Å².